The molecule has 4 aromatic carbocycles. The smallest absolute Gasteiger partial charge is 0.220 e. The molecule has 0 aliphatic heterocycles. The van der Waals surface area contributed by atoms with Crippen LogP contribution in [-0.2, 0) is 14.1 Å². The van der Waals surface area contributed by atoms with Gasteiger partial charge in [-0.05, 0) is 60.7 Å². The van der Waals surface area contributed by atoms with Gasteiger partial charge in [0.05, 0.1) is 21.5 Å². The quantitative estimate of drug-likeness (QED) is 0.244. The number of nitrogens with two attached hydrogens (primary N) is 2. The van der Waals surface area contributed by atoms with E-state index in [0.29, 0.717) is 0 Å². The van der Waals surface area contributed by atoms with E-state index in [0.717, 1.165) is 22.5 Å². The van der Waals surface area contributed by atoms with E-state index in [-0.39, 0.29) is 0 Å². The van der Waals surface area contributed by atoms with Gasteiger partial charge >= 0.3 is 0 Å². The van der Waals surface area contributed by atoms with Crippen molar-refractivity contribution in [3.8, 4) is 22.5 Å². The first-order valence-corrected chi connectivity index (χ1v) is 10.7. The predicted octanol–water partition coefficient (Wildman–Crippen LogP) is 4.73. The summed E-state index contributed by atoms with van der Waals surface area (Å²) in [6.07, 6.45) is 0. The molecule has 154 valence electrons. The molecule has 0 unspecified atom stereocenters. The first kappa shape index (κ1) is 18.6. The molecule has 2 aromatic heterocycles. The Morgan fingerprint density at radius 1 is 0.500 bits per heavy atom. The van der Waals surface area contributed by atoms with Gasteiger partial charge in [-0.3, -0.25) is 0 Å². The molecule has 4 heteroatoms. The van der Waals surface area contributed by atoms with Crippen LogP contribution in [0.4, 0.5) is 11.4 Å². The number of rotatable bonds is 2. The summed E-state index contributed by atoms with van der Waals surface area (Å²) in [6, 6.07) is 29.5. The van der Waals surface area contributed by atoms with Gasteiger partial charge < -0.3 is 11.5 Å². The van der Waals surface area contributed by atoms with Crippen LogP contribution in [0.25, 0.3) is 55.1 Å². The molecule has 4 N–H and O–H groups in total. The molecule has 0 saturated carbocycles. The Kier molecular flexibility index (Phi) is 3.87. The Balaban J connectivity index is 1.83. The van der Waals surface area contributed by atoms with Crippen molar-refractivity contribution in [3.63, 3.8) is 0 Å². The molecule has 32 heavy (non-hydrogen) atoms. The van der Waals surface area contributed by atoms with Crippen molar-refractivity contribution >= 4 is 44.0 Å². The Hall–Kier alpha value is -4.18. The molecule has 6 rings (SSSR count). The lowest BCUT2D eigenvalue weighted by Crippen LogP contribution is -2.36. The minimum atomic E-state index is 0.771. The zero-order valence-corrected chi connectivity index (χ0v) is 18.1. The molecule has 2 heterocycles. The molecule has 0 spiro atoms. The van der Waals surface area contributed by atoms with E-state index in [1.165, 1.54) is 44.0 Å². The van der Waals surface area contributed by atoms with Crippen LogP contribution >= 0.6 is 0 Å². The SMILES string of the molecule is C[n+]1c(-c2ccc(N)cc2)c2cccc3c2c2c(cccc21)c(-c1ccc(N)cc1)[n+]3C. The van der Waals surface area contributed by atoms with E-state index in [1.807, 2.05) is 24.3 Å². The average molecular weight is 417 g/mol. The number of nitrogen functional groups attached to an aromatic ring is 2. The van der Waals surface area contributed by atoms with E-state index in [2.05, 4.69) is 83.9 Å². The van der Waals surface area contributed by atoms with Crippen LogP contribution < -0.4 is 20.6 Å². The largest absolute Gasteiger partial charge is 0.399 e. The maximum Gasteiger partial charge on any atom is 0.220 e. The number of aromatic nitrogens is 2. The van der Waals surface area contributed by atoms with Gasteiger partial charge in [0.15, 0.2) is 0 Å². The summed E-state index contributed by atoms with van der Waals surface area (Å²) < 4.78 is 4.62. The van der Waals surface area contributed by atoms with Gasteiger partial charge in [0.1, 0.15) is 14.1 Å². The maximum absolute atomic E-state index is 5.97. The summed E-state index contributed by atoms with van der Waals surface area (Å²) in [7, 11) is 4.30. The zero-order valence-electron chi connectivity index (χ0n) is 18.1. The molecule has 0 atom stereocenters. The van der Waals surface area contributed by atoms with Crippen molar-refractivity contribution < 1.29 is 9.13 Å². The second-order valence-corrected chi connectivity index (χ2v) is 8.46. The molecule has 0 aliphatic rings. The summed E-state index contributed by atoms with van der Waals surface area (Å²) in [4.78, 5) is 0. The molecule has 6 aromatic rings. The van der Waals surface area contributed by atoms with Crippen molar-refractivity contribution in [2.24, 2.45) is 14.1 Å². The number of hydrogen-bond donors (Lipinski definition) is 2. The van der Waals surface area contributed by atoms with E-state index in [1.54, 1.807) is 0 Å². The highest BCUT2D eigenvalue weighted by Gasteiger charge is 2.29. The van der Waals surface area contributed by atoms with E-state index < -0.39 is 0 Å². The third kappa shape index (κ3) is 2.50. The van der Waals surface area contributed by atoms with Crippen LogP contribution in [0.1, 0.15) is 0 Å². The third-order valence-corrected chi connectivity index (χ3v) is 6.61. The maximum atomic E-state index is 5.97. The third-order valence-electron chi connectivity index (χ3n) is 6.61. The van der Waals surface area contributed by atoms with E-state index in [9.17, 15) is 0 Å². The second-order valence-electron chi connectivity index (χ2n) is 8.46. The predicted molar refractivity (Wildman–Crippen MR) is 132 cm³/mol. The number of anilines is 2. The molecule has 0 radical (unpaired) electrons. The van der Waals surface area contributed by atoms with Crippen LogP contribution in [0, 0.1) is 0 Å². The molecule has 0 saturated heterocycles. The summed E-state index contributed by atoms with van der Waals surface area (Å²) in [6.45, 7) is 0. The molecule has 0 amide bonds. The average Bonchev–Trinajstić information content (AvgIpc) is 2.81. The topological polar surface area (TPSA) is 59.8 Å². The summed E-state index contributed by atoms with van der Waals surface area (Å²) in [5, 5.41) is 5.03. The Bertz CT molecular complexity index is 1510. The fourth-order valence-electron chi connectivity index (χ4n) is 5.14. The zero-order chi connectivity index (χ0) is 22.0. The van der Waals surface area contributed by atoms with Gasteiger partial charge in [-0.15, -0.1) is 0 Å². The summed E-state index contributed by atoms with van der Waals surface area (Å²) in [5.41, 5.74) is 20.6. The Labute approximate surface area is 186 Å². The van der Waals surface area contributed by atoms with Crippen molar-refractivity contribution in [1.29, 1.82) is 0 Å². The van der Waals surface area contributed by atoms with Gasteiger partial charge in [0, 0.05) is 34.6 Å². The first-order valence-electron chi connectivity index (χ1n) is 10.7. The monoisotopic (exact) mass is 416 g/mol. The van der Waals surface area contributed by atoms with Crippen LogP contribution in [0.5, 0.6) is 0 Å². The van der Waals surface area contributed by atoms with Crippen molar-refractivity contribution in [3.05, 3.63) is 84.9 Å². The number of benzene rings is 4. The molecule has 0 aliphatic carbocycles. The lowest BCUT2D eigenvalue weighted by molar-refractivity contribution is -0.634. The molecular formula is C28H24N4+2. The highest BCUT2D eigenvalue weighted by molar-refractivity contribution is 6.23. The van der Waals surface area contributed by atoms with Crippen LogP contribution in [0.2, 0.25) is 0 Å². The standard InChI is InChI=1S/C28H22N4/c1-31-23-7-3-6-22-25(23)26-21(27(31)17-9-13-19(29)14-10-17)5-4-8-24(26)32(2)28(22)18-11-15-20(30)16-12-18/h3-16,29-30H,1-2H3/p+2. The second kappa shape index (κ2) is 6.66. The van der Waals surface area contributed by atoms with Gasteiger partial charge in [-0.1, -0.05) is 12.1 Å². The summed E-state index contributed by atoms with van der Waals surface area (Å²) in [5.74, 6) is 0. The van der Waals surface area contributed by atoms with Crippen molar-refractivity contribution in [1.82, 2.24) is 0 Å². The minimum Gasteiger partial charge on any atom is -0.399 e. The normalized spacial score (nSPS) is 11.7. The lowest BCUT2D eigenvalue weighted by atomic mass is 9.93. The summed E-state index contributed by atoms with van der Waals surface area (Å²) >= 11 is 0. The van der Waals surface area contributed by atoms with E-state index in [4.69, 9.17) is 11.5 Å². The number of nitrogens with zero attached hydrogens (tertiary/aromatic N) is 2. The van der Waals surface area contributed by atoms with Gasteiger partial charge in [-0.25, -0.2) is 0 Å². The van der Waals surface area contributed by atoms with Gasteiger partial charge in [0.25, 0.3) is 0 Å². The number of hydrogen-bond acceptors (Lipinski definition) is 2. The lowest BCUT2D eigenvalue weighted by Gasteiger charge is -2.14. The van der Waals surface area contributed by atoms with Gasteiger partial charge in [0.2, 0.25) is 22.4 Å². The van der Waals surface area contributed by atoms with Crippen molar-refractivity contribution in [2.45, 2.75) is 0 Å². The van der Waals surface area contributed by atoms with Crippen LogP contribution in [0.15, 0.2) is 84.9 Å². The van der Waals surface area contributed by atoms with Gasteiger partial charge in [-0.2, -0.15) is 9.13 Å². The number of pyridine rings is 2. The number of aryl methyl sites for hydroxylation is 2. The van der Waals surface area contributed by atoms with Crippen LogP contribution in [-0.4, -0.2) is 0 Å². The highest BCUT2D eigenvalue weighted by atomic mass is 15.0. The molecule has 4 nitrogen and oxygen atoms in total. The Morgan fingerprint density at radius 2 is 0.875 bits per heavy atom. The Morgan fingerprint density at radius 3 is 1.25 bits per heavy atom. The molecule has 0 fully saturated rings. The van der Waals surface area contributed by atoms with Crippen LogP contribution in [0.3, 0.4) is 0 Å². The minimum absolute atomic E-state index is 0.771. The first-order chi connectivity index (χ1) is 15.5. The van der Waals surface area contributed by atoms with E-state index >= 15 is 0 Å². The van der Waals surface area contributed by atoms with Crippen molar-refractivity contribution in [2.75, 3.05) is 11.5 Å². The molecular weight excluding hydrogens is 392 g/mol. The fraction of sp³-hybridized carbons (Fsp3) is 0.0714. The fourth-order valence-corrected chi connectivity index (χ4v) is 5.14. The highest BCUT2D eigenvalue weighted by Crippen LogP contribution is 2.39. The molecule has 0 bridgehead atoms.